The molecule has 2 fully saturated rings. The van der Waals surface area contributed by atoms with Gasteiger partial charge < -0.3 is 11.1 Å². The zero-order chi connectivity index (χ0) is 23.9. The first-order chi connectivity index (χ1) is 16.3. The van der Waals surface area contributed by atoms with Gasteiger partial charge in [-0.1, -0.05) is 15.9 Å². The number of benzene rings is 1. The van der Waals surface area contributed by atoms with Gasteiger partial charge in [-0.25, -0.2) is 23.5 Å². The summed E-state index contributed by atoms with van der Waals surface area (Å²) in [6, 6.07) is 5.71. The van der Waals surface area contributed by atoms with Crippen LogP contribution in [0.5, 0.6) is 0 Å². The van der Waals surface area contributed by atoms with Gasteiger partial charge in [0.1, 0.15) is 17.9 Å². The lowest BCUT2D eigenvalue weighted by Gasteiger charge is -2.39. The number of hydrogen-bond acceptors (Lipinski definition) is 6. The summed E-state index contributed by atoms with van der Waals surface area (Å²) in [5.74, 6) is -2.43. The van der Waals surface area contributed by atoms with E-state index in [9.17, 15) is 4.79 Å². The molecule has 0 aliphatic carbocycles. The van der Waals surface area contributed by atoms with Gasteiger partial charge in [-0.05, 0) is 75.5 Å². The maximum Gasteiger partial charge on any atom is 0.335 e. The Morgan fingerprint density at radius 1 is 1.15 bits per heavy atom. The van der Waals surface area contributed by atoms with E-state index in [2.05, 4.69) is 31.2 Å². The summed E-state index contributed by atoms with van der Waals surface area (Å²) in [7, 11) is 0. The molecule has 4 heterocycles. The van der Waals surface area contributed by atoms with Crippen LogP contribution in [0, 0.1) is 5.92 Å². The highest BCUT2D eigenvalue weighted by atomic mass is 79.9. The van der Waals surface area contributed by atoms with Gasteiger partial charge in [-0.3, -0.25) is 14.0 Å². The van der Waals surface area contributed by atoms with Crippen LogP contribution in [0.25, 0.3) is 16.9 Å². The lowest BCUT2D eigenvalue weighted by atomic mass is 9.93. The molecular weight excluding hydrogens is 508 g/mol. The molecular formula is C23H28BrF2N7O. The SMILES string of the molecule is Nc1ncnc2c1n(-c1ccc(Br)cc1)c(=O)n2[C@@H]1CCN(CCC2CCNCC2)CC1(F)F. The fourth-order valence-corrected chi connectivity index (χ4v) is 5.49. The number of alkyl halides is 2. The first kappa shape index (κ1) is 23.4. The van der Waals surface area contributed by atoms with E-state index in [4.69, 9.17) is 5.73 Å². The molecule has 2 aliphatic heterocycles. The van der Waals surface area contributed by atoms with Gasteiger partial charge in [0.05, 0.1) is 12.2 Å². The Bertz CT molecular complexity index is 1220. The van der Waals surface area contributed by atoms with Crippen molar-refractivity contribution >= 4 is 32.9 Å². The number of halogens is 3. The van der Waals surface area contributed by atoms with E-state index >= 15 is 8.78 Å². The first-order valence-electron chi connectivity index (χ1n) is 11.7. The largest absolute Gasteiger partial charge is 0.382 e. The predicted molar refractivity (Wildman–Crippen MR) is 130 cm³/mol. The van der Waals surface area contributed by atoms with Gasteiger partial charge in [0.25, 0.3) is 5.92 Å². The van der Waals surface area contributed by atoms with Gasteiger partial charge in [0.2, 0.25) is 0 Å². The van der Waals surface area contributed by atoms with Gasteiger partial charge in [0, 0.05) is 11.0 Å². The van der Waals surface area contributed by atoms with E-state index in [1.807, 2.05) is 4.90 Å². The minimum absolute atomic E-state index is 0.0755. The molecule has 11 heteroatoms. The number of nitrogen functional groups attached to an aromatic ring is 1. The number of nitrogens with zero attached hydrogens (tertiary/aromatic N) is 5. The van der Waals surface area contributed by atoms with E-state index < -0.39 is 17.7 Å². The molecule has 0 bridgehead atoms. The molecule has 0 unspecified atom stereocenters. The second-order valence-electron chi connectivity index (χ2n) is 9.22. The van der Waals surface area contributed by atoms with Crippen LogP contribution in [0.2, 0.25) is 0 Å². The van der Waals surface area contributed by atoms with Crippen LogP contribution >= 0.6 is 15.9 Å². The number of anilines is 1. The number of aromatic nitrogens is 4. The highest BCUT2D eigenvalue weighted by Crippen LogP contribution is 2.38. The topological polar surface area (TPSA) is 94.0 Å². The zero-order valence-corrected chi connectivity index (χ0v) is 20.3. The Balaban J connectivity index is 1.46. The third-order valence-electron chi connectivity index (χ3n) is 7.03. The van der Waals surface area contributed by atoms with Crippen LogP contribution in [-0.4, -0.2) is 62.6 Å². The number of rotatable bonds is 5. The molecule has 34 heavy (non-hydrogen) atoms. The number of likely N-dealkylation sites (tertiary alicyclic amines) is 1. The van der Waals surface area contributed by atoms with E-state index in [-0.39, 0.29) is 29.9 Å². The van der Waals surface area contributed by atoms with E-state index in [1.165, 1.54) is 10.9 Å². The van der Waals surface area contributed by atoms with Crippen molar-refractivity contribution in [3.05, 3.63) is 45.5 Å². The summed E-state index contributed by atoms with van der Waals surface area (Å²) in [5.41, 5.74) is 6.41. The molecule has 2 saturated heterocycles. The van der Waals surface area contributed by atoms with Gasteiger partial charge >= 0.3 is 5.69 Å². The van der Waals surface area contributed by atoms with Crippen LogP contribution in [0.15, 0.2) is 39.9 Å². The van der Waals surface area contributed by atoms with Crippen molar-refractivity contribution in [2.75, 3.05) is 38.5 Å². The summed E-state index contributed by atoms with van der Waals surface area (Å²) < 4.78 is 34.4. The number of nitrogens with one attached hydrogen (secondary N) is 1. The molecule has 3 aromatic rings. The molecule has 182 valence electrons. The first-order valence-corrected chi connectivity index (χ1v) is 12.4. The summed E-state index contributed by atoms with van der Waals surface area (Å²) in [4.78, 5) is 23.6. The van der Waals surface area contributed by atoms with Crippen molar-refractivity contribution in [3.63, 3.8) is 0 Å². The Kier molecular flexibility index (Phi) is 6.43. The van der Waals surface area contributed by atoms with E-state index in [0.717, 1.165) is 41.4 Å². The van der Waals surface area contributed by atoms with Gasteiger partial charge in [0.15, 0.2) is 11.5 Å². The molecule has 1 atom stereocenters. The molecule has 5 rings (SSSR count). The van der Waals surface area contributed by atoms with Crippen molar-refractivity contribution in [2.24, 2.45) is 5.92 Å². The number of nitrogens with two attached hydrogens (primary N) is 1. The van der Waals surface area contributed by atoms with Crippen LogP contribution in [0.3, 0.4) is 0 Å². The summed E-state index contributed by atoms with van der Waals surface area (Å²) in [5, 5.41) is 3.34. The van der Waals surface area contributed by atoms with Crippen LogP contribution < -0.4 is 16.7 Å². The Hall–Kier alpha value is -2.37. The van der Waals surface area contributed by atoms with Crippen LogP contribution in [0.4, 0.5) is 14.6 Å². The quantitative estimate of drug-likeness (QED) is 0.521. The standard InChI is InChI=1S/C23H28BrF2N7O/c24-16-1-3-17(4-2-16)32-19-20(27)29-14-30-21(19)33(22(32)34)18-8-12-31(13-23(18,25)26)11-7-15-5-9-28-10-6-15/h1-4,14-15,18,28H,5-13H2,(H2,27,29,30)/t18-/m1/s1. The average Bonchev–Trinajstić information content (AvgIpc) is 3.11. The molecule has 2 aromatic heterocycles. The minimum atomic E-state index is -3.09. The van der Waals surface area contributed by atoms with Gasteiger partial charge in [-0.2, -0.15) is 0 Å². The normalized spacial score (nSPS) is 21.8. The number of hydrogen-bond donors (Lipinski definition) is 2. The highest BCUT2D eigenvalue weighted by Gasteiger charge is 2.47. The lowest BCUT2D eigenvalue weighted by Crippen LogP contribution is -2.51. The smallest absolute Gasteiger partial charge is 0.335 e. The maximum absolute atomic E-state index is 15.5. The number of fused-ring (bicyclic) bond motifs is 1. The third-order valence-corrected chi connectivity index (χ3v) is 7.56. The zero-order valence-electron chi connectivity index (χ0n) is 18.8. The Labute approximate surface area is 204 Å². The Morgan fingerprint density at radius 2 is 1.88 bits per heavy atom. The summed E-state index contributed by atoms with van der Waals surface area (Å²) >= 11 is 3.38. The second kappa shape index (κ2) is 9.35. The van der Waals surface area contributed by atoms with Crippen molar-refractivity contribution in [3.8, 4) is 5.69 Å². The molecule has 0 radical (unpaired) electrons. The third kappa shape index (κ3) is 4.36. The van der Waals surface area contributed by atoms with Crippen LogP contribution in [-0.2, 0) is 0 Å². The molecule has 0 spiro atoms. The van der Waals surface area contributed by atoms with Crippen molar-refractivity contribution in [2.45, 2.75) is 37.6 Å². The summed E-state index contributed by atoms with van der Waals surface area (Å²) in [6.45, 7) is 2.78. The molecule has 2 aliphatic rings. The predicted octanol–water partition coefficient (Wildman–Crippen LogP) is 3.20. The summed E-state index contributed by atoms with van der Waals surface area (Å²) in [6.07, 6.45) is 4.49. The monoisotopic (exact) mass is 535 g/mol. The highest BCUT2D eigenvalue weighted by molar-refractivity contribution is 9.10. The number of piperidine rings is 2. The van der Waals surface area contributed by atoms with Crippen molar-refractivity contribution in [1.29, 1.82) is 0 Å². The van der Waals surface area contributed by atoms with Crippen molar-refractivity contribution < 1.29 is 8.78 Å². The van der Waals surface area contributed by atoms with E-state index in [0.29, 0.717) is 24.7 Å². The fourth-order valence-electron chi connectivity index (χ4n) is 5.22. The van der Waals surface area contributed by atoms with E-state index in [1.54, 1.807) is 24.3 Å². The van der Waals surface area contributed by atoms with Gasteiger partial charge in [-0.15, -0.1) is 0 Å². The average molecular weight is 536 g/mol. The molecule has 0 saturated carbocycles. The molecule has 3 N–H and O–H groups in total. The minimum Gasteiger partial charge on any atom is -0.382 e. The second-order valence-corrected chi connectivity index (χ2v) is 10.1. The van der Waals surface area contributed by atoms with Crippen molar-refractivity contribution in [1.82, 2.24) is 29.3 Å². The maximum atomic E-state index is 15.5. The molecule has 1 aromatic carbocycles. The molecule has 0 amide bonds. The lowest BCUT2D eigenvalue weighted by molar-refractivity contribution is -0.104. The fraction of sp³-hybridized carbons (Fsp3) is 0.522. The number of imidazole rings is 1. The molecule has 8 nitrogen and oxygen atoms in total. The van der Waals surface area contributed by atoms with Crippen LogP contribution in [0.1, 0.15) is 31.7 Å². The Morgan fingerprint density at radius 3 is 2.59 bits per heavy atom.